The smallest absolute Gasteiger partial charge is 0.178 e. The third kappa shape index (κ3) is 4.67. The molecule has 0 spiro atoms. The highest BCUT2D eigenvalue weighted by molar-refractivity contribution is 6.19. The van der Waals surface area contributed by atoms with Crippen molar-refractivity contribution in [2.24, 2.45) is 10.9 Å². The molecular formula is C32H33N2O+. The van der Waals surface area contributed by atoms with E-state index in [1.807, 2.05) is 22.8 Å². The summed E-state index contributed by atoms with van der Waals surface area (Å²) in [6.45, 7) is 18.2. The average Bonchev–Trinajstić information content (AvgIpc) is 3.27. The lowest BCUT2D eigenvalue weighted by molar-refractivity contribution is -0.487. The molecule has 3 heteroatoms. The second-order valence-corrected chi connectivity index (χ2v) is 8.91. The van der Waals surface area contributed by atoms with Crippen molar-refractivity contribution in [1.29, 1.82) is 0 Å². The Morgan fingerprint density at radius 3 is 2.40 bits per heavy atom. The van der Waals surface area contributed by atoms with E-state index in [2.05, 4.69) is 93.0 Å². The van der Waals surface area contributed by atoms with E-state index in [0.29, 0.717) is 5.92 Å². The molecule has 1 aromatic heterocycles. The molecule has 0 saturated carbocycles. The quantitative estimate of drug-likeness (QED) is 0.134. The van der Waals surface area contributed by atoms with E-state index < -0.39 is 0 Å². The van der Waals surface area contributed by atoms with Gasteiger partial charge in [-0.15, -0.1) is 0 Å². The Labute approximate surface area is 208 Å². The number of rotatable bonds is 10. The second-order valence-electron chi connectivity index (χ2n) is 8.91. The maximum absolute atomic E-state index is 6.53. The zero-order valence-electron chi connectivity index (χ0n) is 20.7. The van der Waals surface area contributed by atoms with Gasteiger partial charge in [0.25, 0.3) is 0 Å². The molecule has 2 unspecified atom stereocenters. The minimum Gasteiger partial charge on any atom is -0.455 e. The fourth-order valence-corrected chi connectivity index (χ4v) is 4.86. The van der Waals surface area contributed by atoms with Crippen molar-refractivity contribution in [3.05, 3.63) is 110 Å². The lowest BCUT2D eigenvalue weighted by atomic mass is 9.90. The maximum atomic E-state index is 6.53. The summed E-state index contributed by atoms with van der Waals surface area (Å²) in [4.78, 5) is 4.53. The SMILES string of the molecule is C=CC(=NC)c1c(CCC(C)C(C=C)[N+](=C)C=C)ccc2c1oc1cc(-c3ccccc3)ccc12. The second kappa shape index (κ2) is 10.5. The van der Waals surface area contributed by atoms with Crippen molar-refractivity contribution >= 4 is 34.4 Å². The molecule has 1 heterocycles. The summed E-state index contributed by atoms with van der Waals surface area (Å²) in [5.41, 5.74) is 7.10. The van der Waals surface area contributed by atoms with Gasteiger partial charge < -0.3 is 4.42 Å². The van der Waals surface area contributed by atoms with Crippen LogP contribution < -0.4 is 0 Å². The largest absolute Gasteiger partial charge is 0.455 e. The normalized spacial score (nSPS) is 13.5. The standard InChI is InChI=1S/C32H33N2O/c1-7-28(33-5)31-24(16-15-22(4)29(8-2)34(6)9-3)17-20-27-26-19-18-25(21-30(26)35-32(27)31)23-13-11-10-12-14-23/h7-14,17-22,29H,1-3,6,15-16H2,4-5H3/q+1. The predicted molar refractivity (Wildman–Crippen MR) is 151 cm³/mol. The Morgan fingerprint density at radius 1 is 1.00 bits per heavy atom. The van der Waals surface area contributed by atoms with Gasteiger partial charge >= 0.3 is 0 Å². The van der Waals surface area contributed by atoms with Gasteiger partial charge in [0.1, 0.15) is 17.9 Å². The van der Waals surface area contributed by atoms with Gasteiger partial charge in [-0.3, -0.25) is 4.99 Å². The zero-order chi connectivity index (χ0) is 24.9. The molecule has 0 saturated heterocycles. The lowest BCUT2D eigenvalue weighted by Gasteiger charge is -2.17. The molecule has 0 aliphatic carbocycles. The Kier molecular flexibility index (Phi) is 7.26. The van der Waals surface area contributed by atoms with Crippen LogP contribution in [0.15, 0.2) is 108 Å². The number of nitrogens with zero attached hydrogens (tertiary/aromatic N) is 2. The molecule has 0 bridgehead atoms. The zero-order valence-corrected chi connectivity index (χ0v) is 20.7. The molecule has 0 aliphatic rings. The molecular weight excluding hydrogens is 428 g/mol. The third-order valence-corrected chi connectivity index (χ3v) is 6.84. The highest BCUT2D eigenvalue weighted by atomic mass is 16.3. The van der Waals surface area contributed by atoms with Gasteiger partial charge in [0.05, 0.1) is 5.71 Å². The van der Waals surface area contributed by atoms with Crippen LogP contribution in [0, 0.1) is 5.92 Å². The third-order valence-electron chi connectivity index (χ3n) is 6.84. The van der Waals surface area contributed by atoms with Crippen LogP contribution in [0.5, 0.6) is 0 Å². The number of hydrogen-bond donors (Lipinski definition) is 0. The van der Waals surface area contributed by atoms with Crippen molar-refractivity contribution in [2.75, 3.05) is 7.05 Å². The van der Waals surface area contributed by atoms with Gasteiger partial charge in [0.2, 0.25) is 0 Å². The summed E-state index contributed by atoms with van der Waals surface area (Å²) in [5.74, 6) is 0.349. The molecule has 0 radical (unpaired) electrons. The Hall–Kier alpha value is -3.98. The number of aliphatic imine (C=N–C) groups is 1. The fraction of sp³-hybridized carbons (Fsp3) is 0.188. The van der Waals surface area contributed by atoms with Gasteiger partial charge in [-0.1, -0.05) is 68.6 Å². The Bertz CT molecular complexity index is 1440. The first-order chi connectivity index (χ1) is 17.0. The van der Waals surface area contributed by atoms with Crippen LogP contribution in [-0.2, 0) is 6.42 Å². The first kappa shape index (κ1) is 24.2. The van der Waals surface area contributed by atoms with E-state index >= 15 is 0 Å². The van der Waals surface area contributed by atoms with Crippen molar-refractivity contribution in [2.45, 2.75) is 25.8 Å². The number of aryl methyl sites for hydroxylation is 1. The summed E-state index contributed by atoms with van der Waals surface area (Å²) in [7, 11) is 1.80. The number of benzene rings is 3. The molecule has 2 atom stereocenters. The van der Waals surface area contributed by atoms with E-state index in [9.17, 15) is 0 Å². The number of hydrogen-bond acceptors (Lipinski definition) is 2. The Morgan fingerprint density at radius 2 is 1.74 bits per heavy atom. The summed E-state index contributed by atoms with van der Waals surface area (Å²) in [5, 5.41) is 2.19. The first-order valence-electron chi connectivity index (χ1n) is 12.0. The number of furan rings is 1. The maximum Gasteiger partial charge on any atom is 0.178 e. The summed E-state index contributed by atoms with van der Waals surface area (Å²) in [6, 6.07) is 21.3. The average molecular weight is 462 g/mol. The highest BCUT2D eigenvalue weighted by Crippen LogP contribution is 2.36. The molecule has 0 fully saturated rings. The van der Waals surface area contributed by atoms with Crippen LogP contribution in [0.1, 0.15) is 24.5 Å². The van der Waals surface area contributed by atoms with Gasteiger partial charge in [-0.05, 0) is 60.4 Å². The summed E-state index contributed by atoms with van der Waals surface area (Å²) >= 11 is 0. The van der Waals surface area contributed by atoms with E-state index in [4.69, 9.17) is 4.42 Å². The van der Waals surface area contributed by atoms with Gasteiger partial charge in [0, 0.05) is 29.3 Å². The lowest BCUT2D eigenvalue weighted by Crippen LogP contribution is -2.26. The van der Waals surface area contributed by atoms with E-state index in [1.165, 1.54) is 11.1 Å². The molecule has 3 aromatic carbocycles. The van der Waals surface area contributed by atoms with Crippen LogP contribution in [0.4, 0.5) is 0 Å². The Balaban J connectivity index is 1.79. The highest BCUT2D eigenvalue weighted by Gasteiger charge is 2.23. The van der Waals surface area contributed by atoms with Crippen LogP contribution in [0.2, 0.25) is 0 Å². The van der Waals surface area contributed by atoms with Crippen molar-refractivity contribution in [3.8, 4) is 11.1 Å². The van der Waals surface area contributed by atoms with Crippen LogP contribution >= 0.6 is 0 Å². The van der Waals surface area contributed by atoms with Gasteiger partial charge in [-0.25, -0.2) is 4.58 Å². The monoisotopic (exact) mass is 461 g/mol. The molecule has 176 valence electrons. The fourth-order valence-electron chi connectivity index (χ4n) is 4.86. The van der Waals surface area contributed by atoms with Crippen LogP contribution in [0.25, 0.3) is 33.1 Å². The minimum absolute atomic E-state index is 0.126. The number of fused-ring (bicyclic) bond motifs is 3. The van der Waals surface area contributed by atoms with Crippen molar-refractivity contribution in [1.82, 2.24) is 0 Å². The molecule has 0 aliphatic heterocycles. The van der Waals surface area contributed by atoms with Crippen LogP contribution in [-0.4, -0.2) is 30.1 Å². The number of allylic oxidation sites excluding steroid dienone is 1. The van der Waals surface area contributed by atoms with Crippen molar-refractivity contribution < 1.29 is 8.99 Å². The van der Waals surface area contributed by atoms with E-state index in [1.54, 1.807) is 13.2 Å². The molecule has 4 aromatic rings. The molecule has 3 nitrogen and oxygen atoms in total. The summed E-state index contributed by atoms with van der Waals surface area (Å²) in [6.07, 6.45) is 7.34. The van der Waals surface area contributed by atoms with E-state index in [0.717, 1.165) is 51.6 Å². The minimum atomic E-state index is 0.126. The van der Waals surface area contributed by atoms with Crippen LogP contribution in [0.3, 0.4) is 0 Å². The van der Waals surface area contributed by atoms with E-state index in [-0.39, 0.29) is 6.04 Å². The predicted octanol–water partition coefficient (Wildman–Crippen LogP) is 7.84. The first-order valence-corrected chi connectivity index (χ1v) is 12.0. The van der Waals surface area contributed by atoms with Crippen molar-refractivity contribution in [3.63, 3.8) is 0 Å². The molecule has 4 rings (SSSR count). The molecule has 0 amide bonds. The molecule has 35 heavy (non-hydrogen) atoms. The van der Waals surface area contributed by atoms with Gasteiger partial charge in [-0.2, -0.15) is 0 Å². The molecule has 0 N–H and O–H groups in total. The summed E-state index contributed by atoms with van der Waals surface area (Å²) < 4.78 is 8.39. The topological polar surface area (TPSA) is 28.5 Å². The van der Waals surface area contributed by atoms with Gasteiger partial charge in [0.15, 0.2) is 12.2 Å².